The van der Waals surface area contributed by atoms with E-state index in [4.69, 9.17) is 0 Å². The molecule has 19 heavy (non-hydrogen) atoms. The Morgan fingerprint density at radius 2 is 2.21 bits per heavy atom. The Morgan fingerprint density at radius 3 is 3.05 bits per heavy atom. The Hall–Kier alpha value is -1.22. The summed E-state index contributed by atoms with van der Waals surface area (Å²) >= 11 is 0. The second-order valence-corrected chi connectivity index (χ2v) is 6.41. The molecule has 0 bridgehead atoms. The quantitative estimate of drug-likeness (QED) is 0.880. The highest BCUT2D eigenvalue weighted by atomic mass is 16.1. The number of carbonyl (C=O) groups is 1. The average molecular weight is 256 g/mol. The van der Waals surface area contributed by atoms with Crippen LogP contribution in [0.4, 0.5) is 0 Å². The lowest BCUT2D eigenvalue weighted by Crippen LogP contribution is -2.31. The molecule has 1 aromatic heterocycles. The Bertz CT molecular complexity index is 519. The standard InChI is InChI=1S/C16H20N2O/c19-15(13-10-16(13)5-8-17-9-6-16)12-4-3-11-2-1-7-18-14(11)12/h1-2,7,12-13,17H,3-6,8-10H2. The van der Waals surface area contributed by atoms with Gasteiger partial charge in [0.15, 0.2) is 0 Å². The van der Waals surface area contributed by atoms with Crippen LogP contribution in [-0.4, -0.2) is 23.9 Å². The van der Waals surface area contributed by atoms with Crippen LogP contribution in [0.5, 0.6) is 0 Å². The summed E-state index contributed by atoms with van der Waals surface area (Å²) < 4.78 is 0. The minimum absolute atomic E-state index is 0.0930. The zero-order valence-electron chi connectivity index (χ0n) is 11.2. The molecule has 3 nitrogen and oxygen atoms in total. The van der Waals surface area contributed by atoms with Crippen molar-refractivity contribution in [1.29, 1.82) is 0 Å². The fourth-order valence-electron chi connectivity index (χ4n) is 4.16. The van der Waals surface area contributed by atoms with Crippen molar-refractivity contribution in [2.24, 2.45) is 11.3 Å². The monoisotopic (exact) mass is 256 g/mol. The van der Waals surface area contributed by atoms with E-state index < -0.39 is 0 Å². The number of fused-ring (bicyclic) bond motifs is 1. The predicted molar refractivity (Wildman–Crippen MR) is 72.9 cm³/mol. The number of aromatic nitrogens is 1. The smallest absolute Gasteiger partial charge is 0.145 e. The van der Waals surface area contributed by atoms with Gasteiger partial charge in [0, 0.05) is 12.1 Å². The second-order valence-electron chi connectivity index (χ2n) is 6.41. The zero-order valence-corrected chi connectivity index (χ0v) is 11.2. The molecule has 1 N–H and O–H groups in total. The largest absolute Gasteiger partial charge is 0.317 e. The third-order valence-corrected chi connectivity index (χ3v) is 5.43. The molecule has 2 unspecified atom stereocenters. The van der Waals surface area contributed by atoms with Crippen LogP contribution in [0, 0.1) is 11.3 Å². The molecule has 0 radical (unpaired) electrons. The fraction of sp³-hybridized carbons (Fsp3) is 0.625. The molecule has 1 saturated heterocycles. The van der Waals surface area contributed by atoms with Gasteiger partial charge >= 0.3 is 0 Å². The van der Waals surface area contributed by atoms with Crippen molar-refractivity contribution in [2.45, 2.75) is 38.0 Å². The van der Waals surface area contributed by atoms with Gasteiger partial charge in [-0.05, 0) is 62.2 Å². The SMILES string of the molecule is O=C(C1CCc2cccnc21)C1CC12CCNCC2. The number of hydrogen-bond acceptors (Lipinski definition) is 3. The van der Waals surface area contributed by atoms with Crippen molar-refractivity contribution in [3.05, 3.63) is 29.6 Å². The van der Waals surface area contributed by atoms with E-state index in [0.29, 0.717) is 17.1 Å². The number of hydrogen-bond donors (Lipinski definition) is 1. The summed E-state index contributed by atoms with van der Waals surface area (Å²) in [7, 11) is 0. The lowest BCUT2D eigenvalue weighted by atomic mass is 9.87. The van der Waals surface area contributed by atoms with E-state index in [1.54, 1.807) is 0 Å². The predicted octanol–water partition coefficient (Wildman–Crippen LogP) is 2.07. The maximum absolute atomic E-state index is 12.8. The van der Waals surface area contributed by atoms with E-state index in [9.17, 15) is 4.79 Å². The van der Waals surface area contributed by atoms with E-state index in [1.165, 1.54) is 18.4 Å². The van der Waals surface area contributed by atoms with E-state index >= 15 is 0 Å². The van der Waals surface area contributed by atoms with Crippen LogP contribution in [0.25, 0.3) is 0 Å². The van der Waals surface area contributed by atoms with Crippen LogP contribution < -0.4 is 5.32 Å². The highest BCUT2D eigenvalue weighted by Crippen LogP contribution is 2.60. The number of aryl methyl sites for hydroxylation is 1. The normalized spacial score (nSPS) is 31.2. The summed E-state index contributed by atoms with van der Waals surface area (Å²) in [5.74, 6) is 0.905. The number of Topliss-reactive ketones (excluding diaryl/α,β-unsaturated/α-hetero) is 1. The zero-order chi connectivity index (χ0) is 12.9. The van der Waals surface area contributed by atoms with Crippen molar-refractivity contribution in [3.63, 3.8) is 0 Å². The number of nitrogens with one attached hydrogen (secondary N) is 1. The first-order valence-corrected chi connectivity index (χ1v) is 7.48. The topological polar surface area (TPSA) is 42.0 Å². The van der Waals surface area contributed by atoms with Gasteiger partial charge in [0.05, 0.1) is 11.6 Å². The van der Waals surface area contributed by atoms with Gasteiger partial charge in [-0.25, -0.2) is 0 Å². The van der Waals surface area contributed by atoms with Crippen LogP contribution in [-0.2, 0) is 11.2 Å². The van der Waals surface area contributed by atoms with Gasteiger partial charge in [-0.2, -0.15) is 0 Å². The highest BCUT2D eigenvalue weighted by molar-refractivity contribution is 5.91. The molecule has 1 aliphatic heterocycles. The van der Waals surface area contributed by atoms with Gasteiger partial charge in [-0.15, -0.1) is 0 Å². The summed E-state index contributed by atoms with van der Waals surface area (Å²) in [5, 5.41) is 3.40. The van der Waals surface area contributed by atoms with Crippen LogP contribution in [0.1, 0.15) is 42.9 Å². The summed E-state index contributed by atoms with van der Waals surface area (Å²) in [6.45, 7) is 2.17. The molecule has 4 rings (SSSR count). The first-order chi connectivity index (χ1) is 9.30. The van der Waals surface area contributed by atoms with Gasteiger partial charge < -0.3 is 5.32 Å². The van der Waals surface area contributed by atoms with Crippen molar-refractivity contribution in [3.8, 4) is 0 Å². The van der Waals surface area contributed by atoms with E-state index in [2.05, 4.69) is 16.4 Å². The lowest BCUT2D eigenvalue weighted by molar-refractivity contribution is -0.122. The summed E-state index contributed by atoms with van der Waals surface area (Å²) in [6, 6.07) is 4.11. The molecule has 1 spiro atoms. The van der Waals surface area contributed by atoms with Gasteiger partial charge in [0.25, 0.3) is 0 Å². The Kier molecular flexibility index (Phi) is 2.52. The molecular formula is C16H20N2O. The summed E-state index contributed by atoms with van der Waals surface area (Å²) in [4.78, 5) is 17.3. The van der Waals surface area contributed by atoms with Gasteiger partial charge in [0.1, 0.15) is 5.78 Å². The third-order valence-electron chi connectivity index (χ3n) is 5.43. The van der Waals surface area contributed by atoms with Crippen LogP contribution >= 0.6 is 0 Å². The lowest BCUT2D eigenvalue weighted by Gasteiger charge is -2.23. The molecule has 2 fully saturated rings. The molecule has 2 aliphatic carbocycles. The Balaban J connectivity index is 1.54. The molecule has 0 aromatic carbocycles. The number of nitrogens with zero attached hydrogens (tertiary/aromatic N) is 1. The number of ketones is 1. The maximum Gasteiger partial charge on any atom is 0.145 e. The van der Waals surface area contributed by atoms with Gasteiger partial charge in [-0.3, -0.25) is 9.78 Å². The Morgan fingerprint density at radius 1 is 1.37 bits per heavy atom. The van der Waals surface area contributed by atoms with Crippen molar-refractivity contribution >= 4 is 5.78 Å². The van der Waals surface area contributed by atoms with Crippen molar-refractivity contribution in [2.75, 3.05) is 13.1 Å². The van der Waals surface area contributed by atoms with E-state index in [1.807, 2.05) is 12.3 Å². The van der Waals surface area contributed by atoms with E-state index in [0.717, 1.165) is 38.0 Å². The first kappa shape index (κ1) is 11.6. The van der Waals surface area contributed by atoms with Crippen LogP contribution in [0.3, 0.4) is 0 Å². The minimum Gasteiger partial charge on any atom is -0.317 e. The molecule has 3 heteroatoms. The minimum atomic E-state index is 0.0930. The Labute approximate surface area is 113 Å². The summed E-state index contributed by atoms with van der Waals surface area (Å²) in [6.07, 6.45) is 7.34. The first-order valence-electron chi connectivity index (χ1n) is 7.48. The summed E-state index contributed by atoms with van der Waals surface area (Å²) in [5.41, 5.74) is 2.73. The second kappa shape index (κ2) is 4.14. The number of piperidine rings is 1. The highest BCUT2D eigenvalue weighted by Gasteiger charge is 2.58. The van der Waals surface area contributed by atoms with Gasteiger partial charge in [-0.1, -0.05) is 6.07 Å². The van der Waals surface area contributed by atoms with Gasteiger partial charge in [0.2, 0.25) is 0 Å². The van der Waals surface area contributed by atoms with Crippen molar-refractivity contribution < 1.29 is 4.79 Å². The molecule has 3 aliphatic rings. The molecule has 1 aromatic rings. The molecule has 2 heterocycles. The molecule has 1 saturated carbocycles. The van der Waals surface area contributed by atoms with E-state index in [-0.39, 0.29) is 5.92 Å². The molecule has 0 amide bonds. The van der Waals surface area contributed by atoms with Crippen molar-refractivity contribution in [1.82, 2.24) is 10.3 Å². The van der Waals surface area contributed by atoms with Crippen LogP contribution in [0.15, 0.2) is 18.3 Å². The number of carbonyl (C=O) groups excluding carboxylic acids is 1. The number of rotatable bonds is 2. The van der Waals surface area contributed by atoms with Crippen LogP contribution in [0.2, 0.25) is 0 Å². The molecular weight excluding hydrogens is 236 g/mol. The molecule has 2 atom stereocenters. The fourth-order valence-corrected chi connectivity index (χ4v) is 4.16. The molecule has 100 valence electrons. The maximum atomic E-state index is 12.8. The third kappa shape index (κ3) is 1.75. The number of pyridine rings is 1. The average Bonchev–Trinajstić information content (AvgIpc) is 2.97.